The van der Waals surface area contributed by atoms with Crippen LogP contribution in [-0.2, 0) is 11.8 Å². The van der Waals surface area contributed by atoms with Gasteiger partial charge in [0.25, 0.3) is 0 Å². The Kier molecular flexibility index (Phi) is 3.90. The van der Waals surface area contributed by atoms with Gasteiger partial charge in [0.2, 0.25) is 0 Å². The average Bonchev–Trinajstić information content (AvgIpc) is 2.33. The summed E-state index contributed by atoms with van der Waals surface area (Å²) in [6.07, 6.45) is 0.963. The van der Waals surface area contributed by atoms with Gasteiger partial charge in [-0.15, -0.1) is 0 Å². The first-order valence-corrected chi connectivity index (χ1v) is 7.41. The summed E-state index contributed by atoms with van der Waals surface area (Å²) < 4.78 is 0. The summed E-state index contributed by atoms with van der Waals surface area (Å²) in [6.45, 7) is 5.01. The van der Waals surface area contributed by atoms with Crippen molar-refractivity contribution >= 4 is 11.8 Å². The number of benzene rings is 1. The number of phenolic OH excluding ortho intramolecular Hbond substituents is 1. The Bertz CT molecular complexity index is 434. The van der Waals surface area contributed by atoms with E-state index in [1.807, 2.05) is 23.9 Å². The predicted octanol–water partition coefficient (Wildman–Crippen LogP) is 1.61. The number of hydrogen-bond donors (Lipinski definition) is 3. The molecule has 0 saturated carbocycles. The Labute approximate surface area is 113 Å². The maximum Gasteiger partial charge on any atom is 0.115 e. The second-order valence-corrected chi connectivity index (χ2v) is 6.84. The highest BCUT2D eigenvalue weighted by Crippen LogP contribution is 2.41. The monoisotopic (exact) mass is 266 g/mol. The van der Waals surface area contributed by atoms with Gasteiger partial charge in [0, 0.05) is 29.0 Å². The standard InChI is InChI=1S/C14H22N2OS/c1-14(2)11-8-10(17)4-3-9(11)7-12(13(14)16)18-6-5-15/h3-4,8,12-13,17H,5-7,15-16H2,1-2H3/t12-,13+/m1/s1. The van der Waals surface area contributed by atoms with Gasteiger partial charge in [0.05, 0.1) is 0 Å². The van der Waals surface area contributed by atoms with Crippen molar-refractivity contribution in [2.24, 2.45) is 11.5 Å². The van der Waals surface area contributed by atoms with Crippen LogP contribution >= 0.6 is 11.8 Å². The van der Waals surface area contributed by atoms with Gasteiger partial charge in [-0.2, -0.15) is 11.8 Å². The Hall–Kier alpha value is -0.710. The van der Waals surface area contributed by atoms with Crippen LogP contribution in [0.15, 0.2) is 18.2 Å². The van der Waals surface area contributed by atoms with Crippen molar-refractivity contribution in [2.75, 3.05) is 12.3 Å². The zero-order valence-electron chi connectivity index (χ0n) is 11.0. The van der Waals surface area contributed by atoms with Crippen molar-refractivity contribution in [3.63, 3.8) is 0 Å². The van der Waals surface area contributed by atoms with Crippen LogP contribution in [0.5, 0.6) is 5.75 Å². The van der Waals surface area contributed by atoms with Crippen LogP contribution in [0, 0.1) is 0 Å². The summed E-state index contributed by atoms with van der Waals surface area (Å²) in [5.41, 5.74) is 14.4. The molecular formula is C14H22N2OS. The molecule has 0 radical (unpaired) electrons. The lowest BCUT2D eigenvalue weighted by Gasteiger charge is -2.43. The van der Waals surface area contributed by atoms with Gasteiger partial charge in [-0.1, -0.05) is 19.9 Å². The third-order valence-corrected chi connectivity index (χ3v) is 5.25. The van der Waals surface area contributed by atoms with Crippen molar-refractivity contribution in [3.05, 3.63) is 29.3 Å². The smallest absolute Gasteiger partial charge is 0.115 e. The molecule has 4 heteroatoms. The molecule has 2 rings (SSSR count). The van der Waals surface area contributed by atoms with E-state index in [1.165, 1.54) is 11.1 Å². The molecule has 1 aromatic carbocycles. The molecule has 0 heterocycles. The molecule has 1 aliphatic carbocycles. The third-order valence-electron chi connectivity index (χ3n) is 3.89. The molecule has 18 heavy (non-hydrogen) atoms. The summed E-state index contributed by atoms with van der Waals surface area (Å²) in [5.74, 6) is 1.27. The number of hydrogen-bond acceptors (Lipinski definition) is 4. The number of nitrogens with two attached hydrogens (primary N) is 2. The first-order chi connectivity index (χ1) is 8.46. The van der Waals surface area contributed by atoms with Crippen LogP contribution in [0.1, 0.15) is 25.0 Å². The SMILES string of the molecule is CC1(C)c2cc(O)ccc2C[C@@H](SCCN)[C@@H]1N. The zero-order valence-corrected chi connectivity index (χ0v) is 11.8. The first-order valence-electron chi connectivity index (χ1n) is 6.36. The number of aromatic hydroxyl groups is 1. The molecule has 0 bridgehead atoms. The summed E-state index contributed by atoms with van der Waals surface area (Å²) in [6, 6.07) is 5.73. The van der Waals surface area contributed by atoms with Crippen molar-refractivity contribution in [3.8, 4) is 5.75 Å². The molecule has 0 spiro atoms. The molecule has 5 N–H and O–H groups in total. The molecule has 0 fully saturated rings. The summed E-state index contributed by atoms with van der Waals surface area (Å²) in [5, 5.41) is 10.1. The quantitative estimate of drug-likeness (QED) is 0.777. The van der Waals surface area contributed by atoms with Gasteiger partial charge in [0.15, 0.2) is 0 Å². The second kappa shape index (κ2) is 5.11. The van der Waals surface area contributed by atoms with Crippen LogP contribution < -0.4 is 11.5 Å². The number of thioether (sulfide) groups is 1. The molecule has 3 nitrogen and oxygen atoms in total. The van der Waals surface area contributed by atoms with Gasteiger partial charge >= 0.3 is 0 Å². The van der Waals surface area contributed by atoms with Crippen molar-refractivity contribution in [2.45, 2.75) is 37.0 Å². The zero-order chi connectivity index (χ0) is 13.3. The summed E-state index contributed by atoms with van der Waals surface area (Å²) in [7, 11) is 0. The van der Waals surface area contributed by atoms with Crippen molar-refractivity contribution < 1.29 is 5.11 Å². The number of rotatable bonds is 3. The molecular weight excluding hydrogens is 244 g/mol. The molecule has 2 atom stereocenters. The van der Waals surface area contributed by atoms with E-state index in [0.717, 1.165) is 12.2 Å². The lowest BCUT2D eigenvalue weighted by molar-refractivity contribution is 0.369. The maximum absolute atomic E-state index is 9.65. The minimum Gasteiger partial charge on any atom is -0.508 e. The first kappa shape index (κ1) is 13.7. The van der Waals surface area contributed by atoms with Crippen molar-refractivity contribution in [1.29, 1.82) is 0 Å². The van der Waals surface area contributed by atoms with E-state index in [2.05, 4.69) is 13.8 Å². The fraction of sp³-hybridized carbons (Fsp3) is 0.571. The molecule has 0 aromatic heterocycles. The Morgan fingerprint density at radius 2 is 2.17 bits per heavy atom. The van der Waals surface area contributed by atoms with E-state index in [4.69, 9.17) is 11.5 Å². The minimum absolute atomic E-state index is 0.0864. The summed E-state index contributed by atoms with van der Waals surface area (Å²) >= 11 is 1.86. The van der Waals surface area contributed by atoms with Gasteiger partial charge in [-0.3, -0.25) is 0 Å². The molecule has 100 valence electrons. The van der Waals surface area contributed by atoms with E-state index >= 15 is 0 Å². The van der Waals surface area contributed by atoms with E-state index in [9.17, 15) is 5.11 Å². The molecule has 0 saturated heterocycles. The fourth-order valence-electron chi connectivity index (χ4n) is 2.71. The average molecular weight is 266 g/mol. The van der Waals surface area contributed by atoms with Gasteiger partial charge < -0.3 is 16.6 Å². The number of phenols is 1. The maximum atomic E-state index is 9.65. The molecule has 1 aliphatic rings. The number of fused-ring (bicyclic) bond motifs is 1. The topological polar surface area (TPSA) is 72.3 Å². The normalized spacial score (nSPS) is 25.8. The third kappa shape index (κ3) is 2.37. The van der Waals surface area contributed by atoms with Gasteiger partial charge in [-0.25, -0.2) is 0 Å². The van der Waals surface area contributed by atoms with Gasteiger partial charge in [0.1, 0.15) is 5.75 Å². The van der Waals surface area contributed by atoms with Crippen molar-refractivity contribution in [1.82, 2.24) is 0 Å². The minimum atomic E-state index is -0.113. The fourth-order valence-corrected chi connectivity index (χ4v) is 4.00. The van der Waals surface area contributed by atoms with Crippen LogP contribution in [0.2, 0.25) is 0 Å². The Morgan fingerprint density at radius 1 is 1.44 bits per heavy atom. The van der Waals surface area contributed by atoms with Gasteiger partial charge in [-0.05, 0) is 29.7 Å². The second-order valence-electron chi connectivity index (χ2n) is 5.49. The Morgan fingerprint density at radius 3 is 2.83 bits per heavy atom. The molecule has 0 amide bonds. The molecule has 1 aromatic rings. The lowest BCUT2D eigenvalue weighted by atomic mass is 9.69. The lowest BCUT2D eigenvalue weighted by Crippen LogP contribution is -2.52. The van der Waals surface area contributed by atoms with Crippen LogP contribution in [0.3, 0.4) is 0 Å². The van der Waals surface area contributed by atoms with Crippen LogP contribution in [0.25, 0.3) is 0 Å². The molecule has 0 aliphatic heterocycles. The van der Waals surface area contributed by atoms with Crippen LogP contribution in [-0.4, -0.2) is 28.7 Å². The van der Waals surface area contributed by atoms with E-state index in [-0.39, 0.29) is 11.5 Å². The highest BCUT2D eigenvalue weighted by atomic mass is 32.2. The predicted molar refractivity (Wildman–Crippen MR) is 78.1 cm³/mol. The van der Waals surface area contributed by atoms with E-state index in [0.29, 0.717) is 17.5 Å². The highest BCUT2D eigenvalue weighted by molar-refractivity contribution is 8.00. The largest absolute Gasteiger partial charge is 0.508 e. The Balaban J connectivity index is 2.34. The molecule has 0 unspecified atom stereocenters. The highest BCUT2D eigenvalue weighted by Gasteiger charge is 2.40. The van der Waals surface area contributed by atoms with Crippen LogP contribution in [0.4, 0.5) is 0 Å². The summed E-state index contributed by atoms with van der Waals surface area (Å²) in [4.78, 5) is 0. The van der Waals surface area contributed by atoms with E-state index < -0.39 is 0 Å². The van der Waals surface area contributed by atoms with E-state index in [1.54, 1.807) is 6.07 Å².